The molecule has 0 bridgehead atoms. The number of nitrogens with one attached hydrogen (secondary N) is 1. The van der Waals surface area contributed by atoms with E-state index in [-0.39, 0.29) is 11.2 Å². The average Bonchev–Trinajstić information content (AvgIpc) is 3.45. The predicted molar refractivity (Wildman–Crippen MR) is 111 cm³/mol. The van der Waals surface area contributed by atoms with Gasteiger partial charge in [0, 0.05) is 29.7 Å². The largest absolute Gasteiger partial charge is 0.325 e. The molecule has 144 valence electrons. The third-order valence-corrected chi connectivity index (χ3v) is 5.93. The number of rotatable bonds is 6. The van der Waals surface area contributed by atoms with E-state index in [1.807, 2.05) is 51.1 Å². The molecular formula is C21H23N5OS. The first-order valence-corrected chi connectivity index (χ1v) is 10.3. The van der Waals surface area contributed by atoms with Gasteiger partial charge in [-0.1, -0.05) is 30.0 Å². The number of aromatic nitrogens is 4. The van der Waals surface area contributed by atoms with Gasteiger partial charge in [-0.3, -0.25) is 14.3 Å². The highest BCUT2D eigenvalue weighted by atomic mass is 32.2. The van der Waals surface area contributed by atoms with Crippen LogP contribution in [0.5, 0.6) is 0 Å². The summed E-state index contributed by atoms with van der Waals surface area (Å²) in [6.45, 7) is 5.91. The van der Waals surface area contributed by atoms with Crippen LogP contribution in [0.25, 0.3) is 11.4 Å². The van der Waals surface area contributed by atoms with Crippen LogP contribution >= 0.6 is 11.8 Å². The van der Waals surface area contributed by atoms with Crippen LogP contribution in [-0.2, 0) is 4.79 Å². The Hall–Kier alpha value is -2.67. The summed E-state index contributed by atoms with van der Waals surface area (Å²) >= 11 is 1.45. The van der Waals surface area contributed by atoms with Gasteiger partial charge in [0.15, 0.2) is 11.0 Å². The van der Waals surface area contributed by atoms with E-state index in [9.17, 15) is 4.79 Å². The fourth-order valence-corrected chi connectivity index (χ4v) is 4.08. The lowest BCUT2D eigenvalue weighted by Gasteiger charge is -2.16. The molecule has 1 aromatic carbocycles. The van der Waals surface area contributed by atoms with E-state index >= 15 is 0 Å². The molecule has 6 nitrogen and oxygen atoms in total. The number of aryl methyl sites for hydroxylation is 2. The Balaban J connectivity index is 1.54. The number of pyridine rings is 1. The number of carbonyl (C=O) groups is 1. The number of nitrogens with zero attached hydrogens (tertiary/aromatic N) is 4. The smallest absolute Gasteiger partial charge is 0.237 e. The number of carbonyl (C=O) groups excluding carboxylic acids is 1. The van der Waals surface area contributed by atoms with Gasteiger partial charge in [-0.2, -0.15) is 0 Å². The fourth-order valence-electron chi connectivity index (χ4n) is 3.16. The first-order valence-electron chi connectivity index (χ1n) is 9.43. The van der Waals surface area contributed by atoms with Crippen molar-refractivity contribution in [3.63, 3.8) is 0 Å². The van der Waals surface area contributed by atoms with E-state index in [2.05, 4.69) is 25.1 Å². The highest BCUT2D eigenvalue weighted by Gasteiger charge is 2.31. The van der Waals surface area contributed by atoms with Gasteiger partial charge in [0.2, 0.25) is 5.91 Å². The van der Waals surface area contributed by atoms with Gasteiger partial charge in [0.1, 0.15) is 0 Å². The Morgan fingerprint density at radius 3 is 2.57 bits per heavy atom. The second-order valence-corrected chi connectivity index (χ2v) is 8.47. The molecule has 28 heavy (non-hydrogen) atoms. The van der Waals surface area contributed by atoms with Crippen LogP contribution < -0.4 is 5.32 Å². The van der Waals surface area contributed by atoms with Crippen molar-refractivity contribution in [3.8, 4) is 11.4 Å². The van der Waals surface area contributed by atoms with Crippen molar-refractivity contribution < 1.29 is 4.79 Å². The van der Waals surface area contributed by atoms with Crippen LogP contribution in [0, 0.1) is 13.8 Å². The zero-order valence-corrected chi connectivity index (χ0v) is 17.0. The summed E-state index contributed by atoms with van der Waals surface area (Å²) in [5, 5.41) is 12.3. The van der Waals surface area contributed by atoms with Crippen LogP contribution in [-0.4, -0.2) is 30.9 Å². The summed E-state index contributed by atoms with van der Waals surface area (Å²) in [5.74, 6) is 0.788. The molecule has 1 N–H and O–H groups in total. The number of para-hydroxylation sites is 1. The zero-order valence-electron chi connectivity index (χ0n) is 16.2. The van der Waals surface area contributed by atoms with Crippen molar-refractivity contribution in [1.82, 2.24) is 19.7 Å². The maximum atomic E-state index is 12.8. The number of hydrogen-bond donors (Lipinski definition) is 1. The summed E-state index contributed by atoms with van der Waals surface area (Å²) in [7, 11) is 0. The molecule has 0 aliphatic heterocycles. The van der Waals surface area contributed by atoms with Crippen molar-refractivity contribution in [2.45, 2.75) is 50.1 Å². The highest BCUT2D eigenvalue weighted by Crippen LogP contribution is 2.41. The lowest BCUT2D eigenvalue weighted by Crippen LogP contribution is -2.23. The van der Waals surface area contributed by atoms with Crippen molar-refractivity contribution >= 4 is 23.4 Å². The third-order valence-electron chi connectivity index (χ3n) is 4.88. The molecule has 1 aliphatic rings. The number of thioether (sulfide) groups is 1. The second-order valence-electron chi connectivity index (χ2n) is 7.17. The molecule has 1 amide bonds. The minimum Gasteiger partial charge on any atom is -0.325 e. The van der Waals surface area contributed by atoms with E-state index in [4.69, 9.17) is 0 Å². The maximum absolute atomic E-state index is 12.8. The van der Waals surface area contributed by atoms with Crippen LogP contribution in [0.2, 0.25) is 0 Å². The average molecular weight is 394 g/mol. The molecule has 2 aromatic heterocycles. The molecule has 0 unspecified atom stereocenters. The number of amides is 1. The SMILES string of the molecule is Cc1cccc(C)c1NC(=O)[C@@H](C)Sc1nnc(-c2cccnc2)n1C1CC1. The van der Waals surface area contributed by atoms with Gasteiger partial charge >= 0.3 is 0 Å². The van der Waals surface area contributed by atoms with Crippen molar-refractivity contribution in [1.29, 1.82) is 0 Å². The predicted octanol–water partition coefficient (Wildman–Crippen LogP) is 4.41. The van der Waals surface area contributed by atoms with E-state index < -0.39 is 0 Å². The van der Waals surface area contributed by atoms with Gasteiger partial charge in [-0.25, -0.2) is 0 Å². The zero-order chi connectivity index (χ0) is 19.7. The molecule has 1 atom stereocenters. The Bertz CT molecular complexity index is 977. The molecule has 0 saturated heterocycles. The number of anilines is 1. The molecule has 1 aliphatic carbocycles. The topological polar surface area (TPSA) is 72.7 Å². The Labute approximate surface area is 168 Å². The van der Waals surface area contributed by atoms with Crippen molar-refractivity contribution in [2.24, 2.45) is 0 Å². The molecule has 3 aromatic rings. The van der Waals surface area contributed by atoms with Crippen LogP contribution in [0.4, 0.5) is 5.69 Å². The normalized spacial score (nSPS) is 14.7. The van der Waals surface area contributed by atoms with E-state index in [0.717, 1.165) is 46.2 Å². The van der Waals surface area contributed by atoms with E-state index in [0.29, 0.717) is 6.04 Å². The van der Waals surface area contributed by atoms with Gasteiger partial charge < -0.3 is 5.32 Å². The van der Waals surface area contributed by atoms with Gasteiger partial charge in [0.25, 0.3) is 0 Å². The minimum absolute atomic E-state index is 0.0318. The first kappa shape index (κ1) is 18.7. The van der Waals surface area contributed by atoms with Crippen LogP contribution in [0.1, 0.15) is 36.9 Å². The summed E-state index contributed by atoms with van der Waals surface area (Å²) < 4.78 is 2.16. The summed E-state index contributed by atoms with van der Waals surface area (Å²) in [5.41, 5.74) is 3.96. The fraction of sp³-hybridized carbons (Fsp3) is 0.333. The van der Waals surface area contributed by atoms with Gasteiger partial charge in [-0.15, -0.1) is 10.2 Å². The standard InChI is InChI=1S/C21H23N5OS/c1-13-6-4-7-14(2)18(13)23-20(27)15(3)28-21-25-24-19(26(21)17-9-10-17)16-8-5-11-22-12-16/h4-8,11-12,15,17H,9-10H2,1-3H3,(H,23,27)/t15-/m1/s1. The highest BCUT2D eigenvalue weighted by molar-refractivity contribution is 8.00. The summed E-state index contributed by atoms with van der Waals surface area (Å²) in [6, 6.07) is 10.3. The summed E-state index contributed by atoms with van der Waals surface area (Å²) in [6.07, 6.45) is 5.77. The maximum Gasteiger partial charge on any atom is 0.237 e. The molecule has 0 spiro atoms. The molecule has 1 fully saturated rings. The number of hydrogen-bond acceptors (Lipinski definition) is 5. The molecule has 4 rings (SSSR count). The van der Waals surface area contributed by atoms with Crippen LogP contribution in [0.15, 0.2) is 47.9 Å². The van der Waals surface area contributed by atoms with Crippen LogP contribution in [0.3, 0.4) is 0 Å². The second kappa shape index (κ2) is 7.75. The minimum atomic E-state index is -0.289. The monoisotopic (exact) mass is 393 g/mol. The molecule has 2 heterocycles. The third kappa shape index (κ3) is 3.80. The molecule has 7 heteroatoms. The molecule has 1 saturated carbocycles. The Morgan fingerprint density at radius 2 is 1.93 bits per heavy atom. The quantitative estimate of drug-likeness (QED) is 0.628. The van der Waals surface area contributed by atoms with E-state index in [1.165, 1.54) is 11.8 Å². The lowest BCUT2D eigenvalue weighted by atomic mass is 10.1. The first-order chi connectivity index (χ1) is 13.5. The van der Waals surface area contributed by atoms with Crippen molar-refractivity contribution in [3.05, 3.63) is 53.9 Å². The van der Waals surface area contributed by atoms with Crippen molar-refractivity contribution in [2.75, 3.05) is 5.32 Å². The Kier molecular flexibility index (Phi) is 5.17. The molecule has 0 radical (unpaired) electrons. The molecular weight excluding hydrogens is 370 g/mol. The van der Waals surface area contributed by atoms with Gasteiger partial charge in [0.05, 0.1) is 5.25 Å². The van der Waals surface area contributed by atoms with E-state index in [1.54, 1.807) is 12.4 Å². The summed E-state index contributed by atoms with van der Waals surface area (Å²) in [4.78, 5) is 17.0. The Morgan fingerprint density at radius 1 is 1.18 bits per heavy atom. The van der Waals surface area contributed by atoms with Gasteiger partial charge in [-0.05, 0) is 56.9 Å². The number of benzene rings is 1. The lowest BCUT2D eigenvalue weighted by molar-refractivity contribution is -0.115.